The molecule has 1 heterocycles. The summed E-state index contributed by atoms with van der Waals surface area (Å²) in [6, 6.07) is 0.563. The summed E-state index contributed by atoms with van der Waals surface area (Å²) in [5, 5.41) is 9.14. The van der Waals surface area contributed by atoms with Gasteiger partial charge >= 0.3 is 0 Å². The second-order valence-corrected chi connectivity index (χ2v) is 5.36. The lowest BCUT2D eigenvalue weighted by molar-refractivity contribution is 0.0514. The summed E-state index contributed by atoms with van der Waals surface area (Å²) < 4.78 is 0. The molecule has 0 aliphatic carbocycles. The first-order chi connectivity index (χ1) is 7.67. The predicted molar refractivity (Wildman–Crippen MR) is 68.6 cm³/mol. The molecule has 1 fully saturated rings. The minimum absolute atomic E-state index is 0.319. The maximum atomic E-state index is 9.14. The van der Waals surface area contributed by atoms with Crippen LogP contribution in [0.3, 0.4) is 0 Å². The van der Waals surface area contributed by atoms with Gasteiger partial charge in [-0.25, -0.2) is 0 Å². The Balaban J connectivity index is 2.45. The van der Waals surface area contributed by atoms with Crippen LogP contribution in [0, 0.1) is 5.92 Å². The van der Waals surface area contributed by atoms with E-state index in [1.807, 2.05) is 0 Å². The SMILES string of the molecule is CCCN1CCN(CC(C)C)C(CCO)C1. The van der Waals surface area contributed by atoms with Gasteiger partial charge in [-0.1, -0.05) is 20.8 Å². The molecule has 1 rings (SSSR count). The van der Waals surface area contributed by atoms with Gasteiger partial charge in [-0.15, -0.1) is 0 Å². The first kappa shape index (κ1) is 13.9. The molecule has 0 bridgehead atoms. The average Bonchev–Trinajstić information content (AvgIpc) is 2.22. The molecule has 3 heteroatoms. The van der Waals surface area contributed by atoms with Crippen LogP contribution >= 0.6 is 0 Å². The molecule has 0 aromatic heterocycles. The Hall–Kier alpha value is -0.120. The van der Waals surface area contributed by atoms with E-state index in [2.05, 4.69) is 30.6 Å². The van der Waals surface area contributed by atoms with Crippen LogP contribution in [-0.2, 0) is 0 Å². The molecule has 96 valence electrons. The second kappa shape index (κ2) is 7.25. The molecule has 0 saturated carbocycles. The predicted octanol–water partition coefficient (Wildman–Crippen LogP) is 1.42. The third-order valence-corrected chi connectivity index (χ3v) is 3.29. The summed E-state index contributed by atoms with van der Waals surface area (Å²) in [4.78, 5) is 5.10. The maximum absolute atomic E-state index is 9.14. The fraction of sp³-hybridized carbons (Fsp3) is 1.00. The van der Waals surface area contributed by atoms with Gasteiger partial charge in [0.25, 0.3) is 0 Å². The van der Waals surface area contributed by atoms with E-state index in [0.29, 0.717) is 12.6 Å². The maximum Gasteiger partial charge on any atom is 0.0446 e. The lowest BCUT2D eigenvalue weighted by Gasteiger charge is -2.42. The van der Waals surface area contributed by atoms with E-state index < -0.39 is 0 Å². The van der Waals surface area contributed by atoms with Crippen molar-refractivity contribution in [2.75, 3.05) is 39.3 Å². The van der Waals surface area contributed by atoms with Crippen LogP contribution in [0.4, 0.5) is 0 Å². The van der Waals surface area contributed by atoms with Gasteiger partial charge in [0.2, 0.25) is 0 Å². The molecule has 16 heavy (non-hydrogen) atoms. The van der Waals surface area contributed by atoms with Crippen LogP contribution in [0.5, 0.6) is 0 Å². The van der Waals surface area contributed by atoms with Crippen LogP contribution in [0.25, 0.3) is 0 Å². The molecule has 1 aliphatic rings. The largest absolute Gasteiger partial charge is 0.396 e. The summed E-state index contributed by atoms with van der Waals surface area (Å²) in [6.07, 6.45) is 2.16. The van der Waals surface area contributed by atoms with Crippen molar-refractivity contribution in [3.63, 3.8) is 0 Å². The molecule has 1 unspecified atom stereocenters. The zero-order valence-electron chi connectivity index (χ0n) is 11.2. The Morgan fingerprint density at radius 2 is 2.06 bits per heavy atom. The van der Waals surface area contributed by atoms with Crippen molar-refractivity contribution in [3.8, 4) is 0 Å². The average molecular weight is 228 g/mol. The lowest BCUT2D eigenvalue weighted by Crippen LogP contribution is -2.54. The number of aliphatic hydroxyl groups excluding tert-OH is 1. The highest BCUT2D eigenvalue weighted by Gasteiger charge is 2.26. The molecular weight excluding hydrogens is 200 g/mol. The molecule has 0 aromatic rings. The van der Waals surface area contributed by atoms with Crippen molar-refractivity contribution in [2.24, 2.45) is 5.92 Å². The summed E-state index contributed by atoms with van der Waals surface area (Å²) in [5.74, 6) is 0.721. The topological polar surface area (TPSA) is 26.7 Å². The second-order valence-electron chi connectivity index (χ2n) is 5.36. The highest BCUT2D eigenvalue weighted by Crippen LogP contribution is 2.14. The summed E-state index contributed by atoms with van der Waals surface area (Å²) in [6.45, 7) is 13.0. The van der Waals surface area contributed by atoms with Gasteiger partial charge in [0.15, 0.2) is 0 Å². The first-order valence-corrected chi connectivity index (χ1v) is 6.74. The van der Waals surface area contributed by atoms with Gasteiger partial charge < -0.3 is 10.0 Å². The van der Waals surface area contributed by atoms with E-state index in [0.717, 1.165) is 18.9 Å². The van der Waals surface area contributed by atoms with Crippen molar-refractivity contribution >= 4 is 0 Å². The monoisotopic (exact) mass is 228 g/mol. The number of hydrogen-bond acceptors (Lipinski definition) is 3. The Bertz CT molecular complexity index is 185. The quantitative estimate of drug-likeness (QED) is 0.745. The molecule has 0 aromatic carbocycles. The van der Waals surface area contributed by atoms with E-state index in [4.69, 9.17) is 5.11 Å². The number of piperazine rings is 1. The smallest absolute Gasteiger partial charge is 0.0446 e. The van der Waals surface area contributed by atoms with E-state index >= 15 is 0 Å². The number of hydrogen-bond donors (Lipinski definition) is 1. The summed E-state index contributed by atoms with van der Waals surface area (Å²) in [7, 11) is 0. The Kier molecular flexibility index (Phi) is 6.32. The fourth-order valence-corrected chi connectivity index (χ4v) is 2.61. The van der Waals surface area contributed by atoms with Gasteiger partial charge in [-0.2, -0.15) is 0 Å². The van der Waals surface area contributed by atoms with Crippen LogP contribution < -0.4 is 0 Å². The number of rotatable bonds is 6. The van der Waals surface area contributed by atoms with E-state index in [1.54, 1.807) is 0 Å². The van der Waals surface area contributed by atoms with Gasteiger partial charge in [0.1, 0.15) is 0 Å². The van der Waals surface area contributed by atoms with Crippen molar-refractivity contribution in [1.29, 1.82) is 0 Å². The molecule has 3 nitrogen and oxygen atoms in total. The number of aliphatic hydroxyl groups is 1. The van der Waals surface area contributed by atoms with E-state index in [-0.39, 0.29) is 0 Å². The van der Waals surface area contributed by atoms with E-state index in [9.17, 15) is 0 Å². The third kappa shape index (κ3) is 4.40. The first-order valence-electron chi connectivity index (χ1n) is 6.74. The van der Waals surface area contributed by atoms with Gasteiger partial charge in [-0.3, -0.25) is 4.90 Å². The lowest BCUT2D eigenvalue weighted by atomic mass is 10.1. The van der Waals surface area contributed by atoms with Gasteiger partial charge in [0.05, 0.1) is 0 Å². The van der Waals surface area contributed by atoms with Crippen molar-refractivity contribution in [3.05, 3.63) is 0 Å². The zero-order chi connectivity index (χ0) is 12.0. The molecule has 1 saturated heterocycles. The van der Waals surface area contributed by atoms with E-state index in [1.165, 1.54) is 32.6 Å². The fourth-order valence-electron chi connectivity index (χ4n) is 2.61. The van der Waals surface area contributed by atoms with Crippen LogP contribution in [0.2, 0.25) is 0 Å². The Morgan fingerprint density at radius 1 is 1.31 bits per heavy atom. The molecule has 1 N–H and O–H groups in total. The molecule has 0 amide bonds. The summed E-state index contributed by atoms with van der Waals surface area (Å²) in [5.41, 5.74) is 0. The summed E-state index contributed by atoms with van der Waals surface area (Å²) >= 11 is 0. The highest BCUT2D eigenvalue weighted by atomic mass is 16.3. The molecule has 0 radical (unpaired) electrons. The minimum Gasteiger partial charge on any atom is -0.396 e. The van der Waals surface area contributed by atoms with Crippen LogP contribution in [0.1, 0.15) is 33.6 Å². The van der Waals surface area contributed by atoms with Crippen molar-refractivity contribution in [2.45, 2.75) is 39.7 Å². The Labute approximate surface area is 100 Å². The highest BCUT2D eigenvalue weighted by molar-refractivity contribution is 4.82. The van der Waals surface area contributed by atoms with Gasteiger partial charge in [-0.05, 0) is 25.3 Å². The standard InChI is InChI=1S/C13H28N2O/c1-4-6-14-7-8-15(10-12(2)3)13(11-14)5-9-16/h12-13,16H,4-11H2,1-3H3. The molecular formula is C13H28N2O. The molecule has 1 atom stereocenters. The zero-order valence-corrected chi connectivity index (χ0v) is 11.2. The van der Waals surface area contributed by atoms with Crippen molar-refractivity contribution in [1.82, 2.24) is 9.80 Å². The van der Waals surface area contributed by atoms with Crippen molar-refractivity contribution < 1.29 is 5.11 Å². The minimum atomic E-state index is 0.319. The Morgan fingerprint density at radius 3 is 2.62 bits per heavy atom. The third-order valence-electron chi connectivity index (χ3n) is 3.29. The van der Waals surface area contributed by atoms with Crippen LogP contribution in [-0.4, -0.2) is 60.3 Å². The number of nitrogens with zero attached hydrogens (tertiary/aromatic N) is 2. The molecule has 0 spiro atoms. The van der Waals surface area contributed by atoms with Gasteiger partial charge in [0, 0.05) is 38.8 Å². The normalized spacial score (nSPS) is 24.2. The molecule has 1 aliphatic heterocycles. The van der Waals surface area contributed by atoms with Crippen LogP contribution in [0.15, 0.2) is 0 Å².